The molecule has 0 unspecified atom stereocenters. The molecule has 2 rings (SSSR count). The van der Waals surface area contributed by atoms with Crippen LogP contribution >= 0.6 is 0 Å². The molecule has 1 fully saturated rings. The van der Waals surface area contributed by atoms with Crippen molar-refractivity contribution in [1.82, 2.24) is 4.90 Å². The zero-order chi connectivity index (χ0) is 16.9. The van der Waals surface area contributed by atoms with Crippen LogP contribution in [0, 0.1) is 0 Å². The fourth-order valence-electron chi connectivity index (χ4n) is 2.30. The Morgan fingerprint density at radius 1 is 1.35 bits per heavy atom. The van der Waals surface area contributed by atoms with E-state index in [1.54, 1.807) is 30.5 Å². The largest absolute Gasteiger partial charge is 0.465 e. The molecule has 0 saturated carbocycles. The van der Waals surface area contributed by atoms with Gasteiger partial charge < -0.3 is 14.8 Å². The van der Waals surface area contributed by atoms with Crippen molar-refractivity contribution in [2.24, 2.45) is 5.16 Å². The van der Waals surface area contributed by atoms with Crippen molar-refractivity contribution in [2.45, 2.75) is 30.3 Å². The third-order valence-electron chi connectivity index (χ3n) is 3.68. The lowest BCUT2D eigenvalue weighted by atomic mass is 10.1. The van der Waals surface area contributed by atoms with E-state index >= 15 is 0 Å². The van der Waals surface area contributed by atoms with Gasteiger partial charge in [-0.1, -0.05) is 17.3 Å². The first-order chi connectivity index (χ1) is 10.9. The molecule has 0 radical (unpaired) electrons. The molecule has 0 bridgehead atoms. The number of likely N-dealkylation sites (tertiary alicyclic amines) is 1. The fraction of sp³-hybridized carbons (Fsp3) is 0.467. The molecule has 1 heterocycles. The summed E-state index contributed by atoms with van der Waals surface area (Å²) in [6.07, 6.45) is 3.64. The molecule has 0 atom stereocenters. The number of piperidine rings is 1. The SMILES string of the molecule is CS(=O)(=O)c1ccc(CC=NOC2CCN(C(=O)O)CC2)cc1. The average molecular weight is 340 g/mol. The van der Waals surface area contributed by atoms with Gasteiger partial charge in [-0.15, -0.1) is 0 Å². The van der Waals surface area contributed by atoms with Crippen LogP contribution in [0.25, 0.3) is 0 Å². The summed E-state index contributed by atoms with van der Waals surface area (Å²) in [5.74, 6) is 0. The first kappa shape index (κ1) is 17.3. The van der Waals surface area contributed by atoms with Crippen molar-refractivity contribution in [3.63, 3.8) is 0 Å². The van der Waals surface area contributed by atoms with Crippen LogP contribution in [0.2, 0.25) is 0 Å². The first-order valence-corrected chi connectivity index (χ1v) is 9.20. The second-order valence-electron chi connectivity index (χ2n) is 5.48. The Balaban J connectivity index is 1.76. The first-order valence-electron chi connectivity index (χ1n) is 7.31. The van der Waals surface area contributed by atoms with Crippen LogP contribution in [-0.4, -0.2) is 56.2 Å². The summed E-state index contributed by atoms with van der Waals surface area (Å²) >= 11 is 0. The molecule has 1 saturated heterocycles. The maximum Gasteiger partial charge on any atom is 0.407 e. The quantitative estimate of drug-likeness (QED) is 0.651. The van der Waals surface area contributed by atoms with Crippen LogP contribution in [0.3, 0.4) is 0 Å². The minimum atomic E-state index is -3.17. The van der Waals surface area contributed by atoms with Crippen LogP contribution in [0.15, 0.2) is 34.3 Å². The molecule has 1 aliphatic heterocycles. The molecule has 1 aromatic carbocycles. The molecular weight excluding hydrogens is 320 g/mol. The highest BCUT2D eigenvalue weighted by molar-refractivity contribution is 7.90. The topological polar surface area (TPSA) is 96.3 Å². The number of rotatable bonds is 5. The fourth-order valence-corrected chi connectivity index (χ4v) is 2.93. The van der Waals surface area contributed by atoms with E-state index in [1.807, 2.05) is 0 Å². The third kappa shape index (κ3) is 5.24. The van der Waals surface area contributed by atoms with Crippen LogP contribution in [0.5, 0.6) is 0 Å². The Morgan fingerprint density at radius 3 is 2.48 bits per heavy atom. The molecule has 8 heteroatoms. The summed E-state index contributed by atoms with van der Waals surface area (Å²) in [6, 6.07) is 6.63. The third-order valence-corrected chi connectivity index (χ3v) is 4.80. The molecule has 0 spiro atoms. The van der Waals surface area contributed by atoms with E-state index in [1.165, 1.54) is 11.2 Å². The summed E-state index contributed by atoms with van der Waals surface area (Å²) < 4.78 is 22.7. The number of sulfone groups is 1. The Kier molecular flexibility index (Phi) is 5.59. The molecule has 7 nitrogen and oxygen atoms in total. The maximum absolute atomic E-state index is 11.4. The van der Waals surface area contributed by atoms with Gasteiger partial charge in [0.1, 0.15) is 6.10 Å². The summed E-state index contributed by atoms with van der Waals surface area (Å²) in [4.78, 5) is 17.8. The normalized spacial score (nSPS) is 16.7. The van der Waals surface area contributed by atoms with Gasteiger partial charge in [-0.3, -0.25) is 0 Å². The van der Waals surface area contributed by atoms with Crippen molar-refractivity contribution >= 4 is 22.1 Å². The highest BCUT2D eigenvalue weighted by Gasteiger charge is 2.23. The maximum atomic E-state index is 11.4. The molecule has 1 amide bonds. The van der Waals surface area contributed by atoms with Gasteiger partial charge in [0, 0.05) is 44.8 Å². The van der Waals surface area contributed by atoms with Gasteiger partial charge in [0.2, 0.25) is 0 Å². The lowest BCUT2D eigenvalue weighted by molar-refractivity contribution is 0.0139. The number of hydrogen-bond acceptors (Lipinski definition) is 5. The Labute approximate surface area is 135 Å². The molecular formula is C15H20N2O5S. The summed E-state index contributed by atoms with van der Waals surface area (Å²) in [5.41, 5.74) is 0.936. The van der Waals surface area contributed by atoms with Gasteiger partial charge in [0.05, 0.1) is 4.90 Å². The van der Waals surface area contributed by atoms with Crippen LogP contribution in [0.1, 0.15) is 18.4 Å². The monoisotopic (exact) mass is 340 g/mol. The molecule has 0 aromatic heterocycles. The zero-order valence-electron chi connectivity index (χ0n) is 12.9. The number of amides is 1. The lowest BCUT2D eigenvalue weighted by Gasteiger charge is -2.28. The minimum absolute atomic E-state index is 0.0607. The Morgan fingerprint density at radius 2 is 1.96 bits per heavy atom. The number of oxime groups is 1. The lowest BCUT2D eigenvalue weighted by Crippen LogP contribution is -2.39. The molecule has 1 aliphatic rings. The number of benzene rings is 1. The van der Waals surface area contributed by atoms with Crippen molar-refractivity contribution in [2.75, 3.05) is 19.3 Å². The second-order valence-corrected chi connectivity index (χ2v) is 7.50. The van der Waals surface area contributed by atoms with Crippen molar-refractivity contribution < 1.29 is 23.2 Å². The van der Waals surface area contributed by atoms with E-state index in [2.05, 4.69) is 5.16 Å². The van der Waals surface area contributed by atoms with Crippen molar-refractivity contribution in [1.29, 1.82) is 0 Å². The molecule has 1 aromatic rings. The number of hydrogen-bond donors (Lipinski definition) is 1. The van der Waals surface area contributed by atoms with Gasteiger partial charge in [0.15, 0.2) is 9.84 Å². The van der Waals surface area contributed by atoms with Gasteiger partial charge in [0.25, 0.3) is 0 Å². The Hall–Kier alpha value is -2.09. The predicted octanol–water partition coefficient (Wildman–Crippen LogP) is 1.78. The van der Waals surface area contributed by atoms with E-state index in [-0.39, 0.29) is 6.10 Å². The van der Waals surface area contributed by atoms with E-state index in [0.717, 1.165) is 5.56 Å². The summed E-state index contributed by atoms with van der Waals surface area (Å²) in [7, 11) is -3.17. The molecule has 1 N–H and O–H groups in total. The van der Waals surface area contributed by atoms with Crippen LogP contribution in [-0.2, 0) is 21.1 Å². The summed E-state index contributed by atoms with van der Waals surface area (Å²) in [6.45, 7) is 0.922. The van der Waals surface area contributed by atoms with Crippen molar-refractivity contribution in [3.8, 4) is 0 Å². The van der Waals surface area contributed by atoms with Crippen molar-refractivity contribution in [3.05, 3.63) is 29.8 Å². The number of carbonyl (C=O) groups is 1. The van der Waals surface area contributed by atoms with Gasteiger partial charge in [-0.2, -0.15) is 0 Å². The second kappa shape index (κ2) is 7.45. The van der Waals surface area contributed by atoms with Gasteiger partial charge in [-0.25, -0.2) is 13.2 Å². The smallest absolute Gasteiger partial charge is 0.407 e. The van der Waals surface area contributed by atoms with E-state index < -0.39 is 15.9 Å². The highest BCUT2D eigenvalue weighted by atomic mass is 32.2. The number of carboxylic acid groups (broad SMARTS) is 1. The van der Waals surface area contributed by atoms with Crippen LogP contribution in [0.4, 0.5) is 4.79 Å². The van der Waals surface area contributed by atoms with Gasteiger partial charge in [-0.05, 0) is 17.7 Å². The van der Waals surface area contributed by atoms with Gasteiger partial charge >= 0.3 is 6.09 Å². The van der Waals surface area contributed by atoms with E-state index in [4.69, 9.17) is 9.94 Å². The molecule has 126 valence electrons. The molecule has 23 heavy (non-hydrogen) atoms. The molecule has 0 aliphatic carbocycles. The average Bonchev–Trinajstić information content (AvgIpc) is 2.51. The highest BCUT2D eigenvalue weighted by Crippen LogP contribution is 2.14. The minimum Gasteiger partial charge on any atom is -0.465 e. The summed E-state index contributed by atoms with van der Waals surface area (Å²) in [5, 5.41) is 12.8. The Bertz CT molecular complexity index is 662. The standard InChI is InChI=1S/C15H20N2O5S/c1-23(20,21)14-4-2-12(3-5-14)6-9-16-22-13-7-10-17(11-8-13)15(18)19/h2-5,9,13H,6-8,10-11H2,1H3,(H,18,19). The van der Waals surface area contributed by atoms with Crippen LogP contribution < -0.4 is 0 Å². The van der Waals surface area contributed by atoms with E-state index in [0.29, 0.717) is 37.2 Å². The predicted molar refractivity (Wildman–Crippen MR) is 85.5 cm³/mol. The zero-order valence-corrected chi connectivity index (χ0v) is 13.7. The number of nitrogens with zero attached hydrogens (tertiary/aromatic N) is 2. The van der Waals surface area contributed by atoms with E-state index in [9.17, 15) is 13.2 Å².